The normalized spacial score (nSPS) is 20.5. The number of likely N-dealkylation sites (tertiary alicyclic amines) is 1. The molecule has 3 aromatic rings. The van der Waals surface area contributed by atoms with Crippen molar-refractivity contribution in [3.05, 3.63) is 34.7 Å². The van der Waals surface area contributed by atoms with E-state index in [4.69, 9.17) is 4.74 Å². The lowest BCUT2D eigenvalue weighted by atomic mass is 10.2. The molecule has 26 heavy (non-hydrogen) atoms. The van der Waals surface area contributed by atoms with Crippen LogP contribution in [0.2, 0.25) is 0 Å². The molecular formula is C18H20N4O2S2. The number of thiophene rings is 1. The van der Waals surface area contributed by atoms with Crippen molar-refractivity contribution in [2.75, 3.05) is 11.9 Å². The molecule has 1 aliphatic rings. The van der Waals surface area contributed by atoms with Crippen LogP contribution in [-0.4, -0.2) is 39.5 Å². The van der Waals surface area contributed by atoms with Gasteiger partial charge in [-0.1, -0.05) is 0 Å². The SMILES string of the molecule is CC(=O)Nc1ncc(CN2C[C@H](Oc3ccc4sccc4n3)C[C@@H]2C)s1. The van der Waals surface area contributed by atoms with Gasteiger partial charge in [0.1, 0.15) is 6.10 Å². The molecular weight excluding hydrogens is 368 g/mol. The summed E-state index contributed by atoms with van der Waals surface area (Å²) in [5.74, 6) is 0.602. The summed E-state index contributed by atoms with van der Waals surface area (Å²) < 4.78 is 7.31. The second-order valence-electron chi connectivity index (χ2n) is 6.52. The number of fused-ring (bicyclic) bond motifs is 1. The molecule has 0 radical (unpaired) electrons. The second-order valence-corrected chi connectivity index (χ2v) is 8.58. The van der Waals surface area contributed by atoms with Crippen molar-refractivity contribution in [1.82, 2.24) is 14.9 Å². The fourth-order valence-corrected chi connectivity index (χ4v) is 4.82. The summed E-state index contributed by atoms with van der Waals surface area (Å²) in [7, 11) is 0. The number of carbonyl (C=O) groups excluding carboxylic acids is 1. The number of hydrogen-bond acceptors (Lipinski definition) is 7. The lowest BCUT2D eigenvalue weighted by Gasteiger charge is -2.19. The van der Waals surface area contributed by atoms with Crippen LogP contribution in [0.3, 0.4) is 0 Å². The first-order valence-electron chi connectivity index (χ1n) is 8.54. The predicted molar refractivity (Wildman–Crippen MR) is 105 cm³/mol. The summed E-state index contributed by atoms with van der Waals surface area (Å²) in [5.41, 5.74) is 0.991. The molecule has 8 heteroatoms. The van der Waals surface area contributed by atoms with Crippen LogP contribution >= 0.6 is 22.7 Å². The Hall–Kier alpha value is -2.03. The van der Waals surface area contributed by atoms with E-state index in [1.54, 1.807) is 11.3 Å². The van der Waals surface area contributed by atoms with Gasteiger partial charge < -0.3 is 10.1 Å². The Labute approximate surface area is 159 Å². The lowest BCUT2D eigenvalue weighted by molar-refractivity contribution is -0.114. The van der Waals surface area contributed by atoms with Crippen LogP contribution in [0.4, 0.5) is 5.13 Å². The van der Waals surface area contributed by atoms with Crippen LogP contribution in [0.5, 0.6) is 5.88 Å². The van der Waals surface area contributed by atoms with E-state index in [1.165, 1.54) is 23.0 Å². The summed E-state index contributed by atoms with van der Waals surface area (Å²) >= 11 is 3.21. The molecule has 3 aromatic heterocycles. The highest BCUT2D eigenvalue weighted by Crippen LogP contribution is 2.28. The van der Waals surface area contributed by atoms with Crippen molar-refractivity contribution in [3.63, 3.8) is 0 Å². The number of aromatic nitrogens is 2. The van der Waals surface area contributed by atoms with Gasteiger partial charge >= 0.3 is 0 Å². The maximum absolute atomic E-state index is 11.1. The molecule has 1 fully saturated rings. The van der Waals surface area contributed by atoms with E-state index in [9.17, 15) is 4.79 Å². The number of ether oxygens (including phenoxy) is 1. The van der Waals surface area contributed by atoms with Crippen molar-refractivity contribution in [1.29, 1.82) is 0 Å². The highest BCUT2D eigenvalue weighted by atomic mass is 32.1. The Bertz CT molecular complexity index is 923. The molecule has 1 N–H and O–H groups in total. The van der Waals surface area contributed by atoms with Gasteiger partial charge in [0, 0.05) is 49.6 Å². The summed E-state index contributed by atoms with van der Waals surface area (Å²) in [6, 6.07) is 6.47. The van der Waals surface area contributed by atoms with Gasteiger partial charge in [0.2, 0.25) is 11.8 Å². The number of nitrogens with zero attached hydrogens (tertiary/aromatic N) is 3. The minimum Gasteiger partial charge on any atom is -0.473 e. The maximum atomic E-state index is 11.1. The third kappa shape index (κ3) is 3.87. The number of thiazole rings is 1. The fraction of sp³-hybridized carbons (Fsp3) is 0.389. The summed E-state index contributed by atoms with van der Waals surface area (Å²) in [4.78, 5) is 23.5. The number of amides is 1. The van der Waals surface area contributed by atoms with Crippen molar-refractivity contribution in [2.45, 2.75) is 39.0 Å². The molecule has 0 saturated carbocycles. The van der Waals surface area contributed by atoms with E-state index >= 15 is 0 Å². The molecule has 1 amide bonds. The zero-order chi connectivity index (χ0) is 18.1. The van der Waals surface area contributed by atoms with Gasteiger partial charge in [0.15, 0.2) is 5.13 Å². The van der Waals surface area contributed by atoms with Crippen LogP contribution in [0.25, 0.3) is 10.2 Å². The third-order valence-corrected chi connectivity index (χ3v) is 6.20. The Morgan fingerprint density at radius 1 is 1.42 bits per heavy atom. The molecule has 2 atom stereocenters. The summed E-state index contributed by atoms with van der Waals surface area (Å²) in [6.45, 7) is 5.38. The van der Waals surface area contributed by atoms with Gasteiger partial charge in [-0.05, 0) is 24.4 Å². The molecule has 1 saturated heterocycles. The smallest absolute Gasteiger partial charge is 0.223 e. The third-order valence-electron chi connectivity index (χ3n) is 4.43. The quantitative estimate of drug-likeness (QED) is 0.721. The molecule has 0 unspecified atom stereocenters. The standard InChI is InChI=1S/C18H20N4O2S2/c1-11-7-13(24-17-4-3-16-15(21-17)5-6-25-16)9-22(11)10-14-8-19-18(26-14)20-12(2)23/h3-6,8,11,13H,7,9-10H2,1-2H3,(H,19,20,23)/t11-,13+/m0/s1. The van der Waals surface area contributed by atoms with Crippen LogP contribution in [-0.2, 0) is 11.3 Å². The topological polar surface area (TPSA) is 67.4 Å². The van der Waals surface area contributed by atoms with Crippen LogP contribution in [0.15, 0.2) is 29.8 Å². The number of anilines is 1. The zero-order valence-corrected chi connectivity index (χ0v) is 16.3. The maximum Gasteiger partial charge on any atom is 0.223 e. The number of carbonyl (C=O) groups is 1. The first-order chi connectivity index (χ1) is 12.6. The largest absolute Gasteiger partial charge is 0.473 e. The van der Waals surface area contributed by atoms with E-state index in [1.807, 2.05) is 23.7 Å². The highest BCUT2D eigenvalue weighted by molar-refractivity contribution is 7.17. The highest BCUT2D eigenvalue weighted by Gasteiger charge is 2.31. The molecule has 0 spiro atoms. The molecule has 0 aliphatic carbocycles. The first-order valence-corrected chi connectivity index (χ1v) is 10.2. The zero-order valence-electron chi connectivity index (χ0n) is 14.6. The van der Waals surface area contributed by atoms with E-state index in [0.717, 1.165) is 29.9 Å². The van der Waals surface area contributed by atoms with Crippen molar-refractivity contribution in [3.8, 4) is 5.88 Å². The van der Waals surface area contributed by atoms with Crippen molar-refractivity contribution < 1.29 is 9.53 Å². The Balaban J connectivity index is 1.37. The number of hydrogen-bond donors (Lipinski definition) is 1. The monoisotopic (exact) mass is 388 g/mol. The Kier molecular flexibility index (Phi) is 4.88. The van der Waals surface area contributed by atoms with Gasteiger partial charge in [0.05, 0.1) is 10.2 Å². The molecule has 0 bridgehead atoms. The molecule has 136 valence electrons. The second kappa shape index (κ2) is 7.30. The van der Waals surface area contributed by atoms with Gasteiger partial charge in [-0.3, -0.25) is 9.69 Å². The minimum atomic E-state index is -0.0935. The van der Waals surface area contributed by atoms with Crippen molar-refractivity contribution in [2.24, 2.45) is 0 Å². The Morgan fingerprint density at radius 2 is 2.31 bits per heavy atom. The number of rotatable bonds is 5. The molecule has 4 rings (SSSR count). The molecule has 6 nitrogen and oxygen atoms in total. The van der Waals surface area contributed by atoms with Crippen LogP contribution in [0, 0.1) is 0 Å². The van der Waals surface area contributed by atoms with E-state index in [-0.39, 0.29) is 12.0 Å². The summed E-state index contributed by atoms with van der Waals surface area (Å²) in [5, 5.41) is 5.43. The summed E-state index contributed by atoms with van der Waals surface area (Å²) in [6.07, 6.45) is 2.94. The average molecular weight is 389 g/mol. The van der Waals surface area contributed by atoms with Gasteiger partial charge in [-0.2, -0.15) is 0 Å². The first kappa shape index (κ1) is 17.4. The Morgan fingerprint density at radius 3 is 3.15 bits per heavy atom. The predicted octanol–water partition coefficient (Wildman–Crippen LogP) is 3.75. The molecule has 1 aliphatic heterocycles. The average Bonchev–Trinajstić information content (AvgIpc) is 3.29. The molecule has 0 aromatic carbocycles. The van der Waals surface area contributed by atoms with Gasteiger partial charge in [-0.15, -0.1) is 22.7 Å². The van der Waals surface area contributed by atoms with Gasteiger partial charge in [-0.25, -0.2) is 9.97 Å². The van der Waals surface area contributed by atoms with Gasteiger partial charge in [0.25, 0.3) is 0 Å². The van der Waals surface area contributed by atoms with E-state index in [2.05, 4.69) is 33.2 Å². The number of pyridine rings is 1. The fourth-order valence-electron chi connectivity index (χ4n) is 3.21. The van der Waals surface area contributed by atoms with Crippen LogP contribution < -0.4 is 10.1 Å². The van der Waals surface area contributed by atoms with Crippen LogP contribution in [0.1, 0.15) is 25.1 Å². The van der Waals surface area contributed by atoms with E-state index < -0.39 is 0 Å². The number of nitrogens with one attached hydrogen (secondary N) is 1. The minimum absolute atomic E-state index is 0.0935. The van der Waals surface area contributed by atoms with Crippen molar-refractivity contribution >= 4 is 43.9 Å². The molecule has 4 heterocycles. The van der Waals surface area contributed by atoms with E-state index in [0.29, 0.717) is 17.1 Å². The lowest BCUT2D eigenvalue weighted by Crippen LogP contribution is -2.27.